The molecule has 0 rings (SSSR count). The Balaban J connectivity index is 4.04. The van der Waals surface area contributed by atoms with Crippen LogP contribution >= 0.6 is 6.04 Å². The van der Waals surface area contributed by atoms with Gasteiger partial charge in [0.25, 0.3) is 0 Å². The predicted octanol–water partition coefficient (Wildman–Crippen LogP) is 9.55. The van der Waals surface area contributed by atoms with Crippen molar-refractivity contribution < 1.29 is 0 Å². The van der Waals surface area contributed by atoms with Crippen LogP contribution < -0.4 is 0 Å². The highest BCUT2D eigenvalue weighted by atomic mass is 32.4. The molecular weight excluding hydrogens is 351 g/mol. The molecule has 2 heteroatoms. The molecule has 0 aliphatic rings. The topological polar surface area (TPSA) is 0 Å². The van der Waals surface area contributed by atoms with Crippen molar-refractivity contribution in [1.82, 2.24) is 0 Å². The molecule has 0 radical (unpaired) electrons. The molecule has 0 aliphatic heterocycles. The summed E-state index contributed by atoms with van der Waals surface area (Å²) >= 11 is 6.32. The quantitative estimate of drug-likeness (QED) is 0.136. The third kappa shape index (κ3) is 18.0. The second kappa shape index (κ2) is 20.4. The Hall–Kier alpha value is 0.650. The molecule has 0 unspecified atom stereocenters. The minimum absolute atomic E-state index is 1.05. The highest BCUT2D eigenvalue weighted by Crippen LogP contribution is 2.49. The lowest BCUT2D eigenvalue weighted by Crippen LogP contribution is -2.01. The van der Waals surface area contributed by atoms with E-state index in [0.717, 1.165) is 0 Å². The van der Waals surface area contributed by atoms with Gasteiger partial charge in [-0.15, -0.1) is 0 Å². The first-order valence-corrected chi connectivity index (χ1v) is 15.6. The van der Waals surface area contributed by atoms with Crippen molar-refractivity contribution in [3.05, 3.63) is 0 Å². The first-order chi connectivity index (χ1) is 12.7. The normalized spacial score (nSPS) is 12.0. The van der Waals surface area contributed by atoms with Crippen LogP contribution in [0.15, 0.2) is 0 Å². The van der Waals surface area contributed by atoms with E-state index < -0.39 is 6.04 Å². The first kappa shape index (κ1) is 26.6. The third-order valence-corrected chi connectivity index (χ3v) is 10.8. The van der Waals surface area contributed by atoms with Crippen LogP contribution in [0, 0.1) is 0 Å². The average molecular weight is 403 g/mol. The van der Waals surface area contributed by atoms with Crippen LogP contribution in [0.4, 0.5) is 0 Å². The Kier molecular flexibility index (Phi) is 20.9. The fraction of sp³-hybridized carbons (Fsp3) is 1.00. The van der Waals surface area contributed by atoms with Crippen molar-refractivity contribution >= 4 is 17.8 Å². The second-order valence-corrected chi connectivity index (χ2v) is 14.3. The molecule has 0 atom stereocenters. The summed E-state index contributed by atoms with van der Waals surface area (Å²) in [6, 6.07) is -1.05. The van der Waals surface area contributed by atoms with Gasteiger partial charge in [0.15, 0.2) is 0 Å². The minimum Gasteiger partial charge on any atom is -0.0975 e. The van der Waals surface area contributed by atoms with Crippen LogP contribution in [0.2, 0.25) is 0 Å². The molecule has 0 heterocycles. The molecule has 0 spiro atoms. The van der Waals surface area contributed by atoms with Crippen molar-refractivity contribution in [2.75, 3.05) is 18.5 Å². The van der Waals surface area contributed by atoms with Gasteiger partial charge < -0.3 is 0 Å². The zero-order chi connectivity index (χ0) is 19.3. The van der Waals surface area contributed by atoms with Gasteiger partial charge in [0.1, 0.15) is 0 Å². The van der Waals surface area contributed by atoms with Gasteiger partial charge in [-0.3, -0.25) is 0 Å². The third-order valence-electron chi connectivity index (χ3n) is 5.76. The molecule has 0 saturated heterocycles. The summed E-state index contributed by atoms with van der Waals surface area (Å²) in [5.41, 5.74) is 0. The van der Waals surface area contributed by atoms with E-state index >= 15 is 0 Å². The van der Waals surface area contributed by atoms with Gasteiger partial charge in [-0.05, 0) is 43.8 Å². The molecule has 0 nitrogen and oxygen atoms in total. The van der Waals surface area contributed by atoms with Gasteiger partial charge in [0.2, 0.25) is 0 Å². The molecule has 158 valence electrons. The lowest BCUT2D eigenvalue weighted by Gasteiger charge is -2.22. The second-order valence-electron chi connectivity index (χ2n) is 8.53. The van der Waals surface area contributed by atoms with Gasteiger partial charge >= 0.3 is 0 Å². The lowest BCUT2D eigenvalue weighted by atomic mass is 10.1. The van der Waals surface area contributed by atoms with E-state index in [4.69, 9.17) is 11.8 Å². The summed E-state index contributed by atoms with van der Waals surface area (Å²) in [5.74, 6) is 0. The van der Waals surface area contributed by atoms with Crippen molar-refractivity contribution in [3.63, 3.8) is 0 Å². The Morgan fingerprint density at radius 2 is 0.615 bits per heavy atom. The maximum absolute atomic E-state index is 6.32. The van der Waals surface area contributed by atoms with Crippen molar-refractivity contribution in [1.29, 1.82) is 0 Å². The summed E-state index contributed by atoms with van der Waals surface area (Å²) in [6.07, 6.45) is 29.8. The number of unbranched alkanes of at least 4 members (excludes halogenated alkanes) is 15. The minimum atomic E-state index is -1.05. The first-order valence-electron chi connectivity index (χ1n) is 12.3. The van der Waals surface area contributed by atoms with Crippen molar-refractivity contribution in [2.24, 2.45) is 0 Å². The van der Waals surface area contributed by atoms with Crippen molar-refractivity contribution in [2.45, 2.75) is 136 Å². The molecule has 0 amide bonds. The van der Waals surface area contributed by atoms with Crippen LogP contribution in [0.3, 0.4) is 0 Å². The molecule has 0 aliphatic carbocycles. The van der Waals surface area contributed by atoms with Crippen LogP contribution in [0.5, 0.6) is 0 Å². The summed E-state index contributed by atoms with van der Waals surface area (Å²) in [4.78, 5) is 0. The molecule has 0 saturated carbocycles. The van der Waals surface area contributed by atoms with Gasteiger partial charge in [-0.25, -0.2) is 0 Å². The van der Waals surface area contributed by atoms with Gasteiger partial charge in [-0.2, -0.15) is 0 Å². The predicted molar refractivity (Wildman–Crippen MR) is 129 cm³/mol. The molecule has 26 heavy (non-hydrogen) atoms. The van der Waals surface area contributed by atoms with E-state index in [2.05, 4.69) is 20.8 Å². The fourth-order valence-electron chi connectivity index (χ4n) is 3.88. The molecule has 0 aromatic rings. The zero-order valence-corrected chi connectivity index (χ0v) is 20.4. The molecule has 0 aromatic heterocycles. The highest BCUT2D eigenvalue weighted by Gasteiger charge is 2.16. The van der Waals surface area contributed by atoms with E-state index in [0.29, 0.717) is 0 Å². The Bertz CT molecular complexity index is 266. The van der Waals surface area contributed by atoms with E-state index in [-0.39, 0.29) is 0 Å². The van der Waals surface area contributed by atoms with Crippen LogP contribution in [-0.4, -0.2) is 18.5 Å². The van der Waals surface area contributed by atoms with Crippen LogP contribution in [-0.2, 0) is 11.8 Å². The van der Waals surface area contributed by atoms with E-state index in [1.54, 1.807) is 0 Å². The van der Waals surface area contributed by atoms with Gasteiger partial charge in [0, 0.05) is 0 Å². The lowest BCUT2D eigenvalue weighted by molar-refractivity contribution is 0.617. The largest absolute Gasteiger partial charge is 0.0975 e. The molecule has 0 N–H and O–H groups in total. The molecule has 0 aromatic carbocycles. The number of rotatable bonds is 21. The smallest absolute Gasteiger partial charge is 0.0235 e. The van der Waals surface area contributed by atoms with E-state index in [1.807, 2.05) is 0 Å². The number of hydrogen-bond donors (Lipinski definition) is 0. The Morgan fingerprint density at radius 3 is 0.885 bits per heavy atom. The Labute approximate surface area is 172 Å². The Morgan fingerprint density at radius 1 is 0.385 bits per heavy atom. The maximum Gasteiger partial charge on any atom is -0.0235 e. The molecule has 0 bridgehead atoms. The van der Waals surface area contributed by atoms with Crippen LogP contribution in [0.1, 0.15) is 136 Å². The monoisotopic (exact) mass is 402 g/mol. The summed E-state index contributed by atoms with van der Waals surface area (Å²) < 4.78 is 0. The van der Waals surface area contributed by atoms with Crippen LogP contribution in [0.25, 0.3) is 0 Å². The van der Waals surface area contributed by atoms with Gasteiger partial charge in [-0.1, -0.05) is 129 Å². The van der Waals surface area contributed by atoms with E-state index in [1.165, 1.54) is 134 Å². The average Bonchev–Trinajstić information content (AvgIpc) is 2.64. The summed E-state index contributed by atoms with van der Waals surface area (Å²) in [7, 11) is 0. The highest BCUT2D eigenvalue weighted by molar-refractivity contribution is 8.14. The summed E-state index contributed by atoms with van der Waals surface area (Å²) in [5, 5.41) is 0. The fourth-order valence-corrected chi connectivity index (χ4v) is 8.11. The molecule has 0 fully saturated rings. The van der Waals surface area contributed by atoms with Crippen molar-refractivity contribution in [3.8, 4) is 0 Å². The molecular formula is C24H51PS. The zero-order valence-electron chi connectivity index (χ0n) is 18.7. The maximum atomic E-state index is 6.32. The number of hydrogen-bond acceptors (Lipinski definition) is 1. The SMILES string of the molecule is CCCCCCCCP(=S)(CCCCCCCC)CCCCCCCC. The summed E-state index contributed by atoms with van der Waals surface area (Å²) in [6.45, 7) is 6.92. The van der Waals surface area contributed by atoms with E-state index in [9.17, 15) is 0 Å². The van der Waals surface area contributed by atoms with Gasteiger partial charge in [0.05, 0.1) is 0 Å². The standard InChI is InChI=1S/C24H51PS/c1-4-7-10-13-16-19-22-25(26,23-20-17-14-11-8-5-2)24-21-18-15-12-9-6-3/h4-24H2,1-3H3.